The van der Waals surface area contributed by atoms with Gasteiger partial charge >= 0.3 is 0 Å². The van der Waals surface area contributed by atoms with Crippen LogP contribution in [0.25, 0.3) is 10.9 Å². The molecule has 2 aliphatic rings. The number of aromatic nitrogens is 2. The summed E-state index contributed by atoms with van der Waals surface area (Å²) in [6, 6.07) is 6.50. The lowest BCUT2D eigenvalue weighted by Gasteiger charge is -2.35. The molecule has 3 heterocycles. The van der Waals surface area contributed by atoms with Crippen LogP contribution in [0.15, 0.2) is 41.2 Å². The maximum Gasteiger partial charge on any atom is 0.290 e. The number of nitrogens with zero attached hydrogens (tertiary/aromatic N) is 3. The van der Waals surface area contributed by atoms with Gasteiger partial charge in [-0.25, -0.2) is 4.98 Å². The summed E-state index contributed by atoms with van der Waals surface area (Å²) in [7, 11) is 0. The van der Waals surface area contributed by atoms with Crippen LogP contribution in [-0.4, -0.2) is 70.5 Å². The number of hydrogen-bond donors (Lipinski definition) is 1. The minimum atomic E-state index is -0.390. The molecule has 8 heteroatoms. The second-order valence-electron chi connectivity index (χ2n) is 6.63. The van der Waals surface area contributed by atoms with Gasteiger partial charge in [0.25, 0.3) is 11.5 Å². The molecule has 1 N–H and O–H groups in total. The summed E-state index contributed by atoms with van der Waals surface area (Å²) in [5.74, 6) is -0.423. The molecule has 2 aromatic rings. The summed E-state index contributed by atoms with van der Waals surface area (Å²) in [5.41, 5.74) is 0.113. The number of rotatable bonds is 3. The van der Waals surface area contributed by atoms with Crippen LogP contribution in [0.2, 0.25) is 0 Å². The Morgan fingerprint density at radius 1 is 1.22 bits per heavy atom. The highest BCUT2D eigenvalue weighted by atomic mass is 16.5. The summed E-state index contributed by atoms with van der Waals surface area (Å²) in [6.45, 7) is 2.22. The monoisotopic (exact) mass is 368 g/mol. The number of carbonyl (C=O) groups excluding carboxylic acids is 2. The summed E-state index contributed by atoms with van der Waals surface area (Å²) in [5, 5.41) is 0.435. The van der Waals surface area contributed by atoms with Crippen molar-refractivity contribution in [1.82, 2.24) is 19.8 Å². The number of ether oxygens (including phenoxy) is 1. The molecule has 0 radical (unpaired) electrons. The topological polar surface area (TPSA) is 95.6 Å². The highest BCUT2D eigenvalue weighted by Crippen LogP contribution is 2.16. The zero-order chi connectivity index (χ0) is 18.8. The van der Waals surface area contributed by atoms with Crippen LogP contribution in [0.4, 0.5) is 0 Å². The summed E-state index contributed by atoms with van der Waals surface area (Å²) in [6.07, 6.45) is 4.08. The maximum atomic E-state index is 13.0. The van der Waals surface area contributed by atoms with Gasteiger partial charge in [0.2, 0.25) is 5.91 Å². The highest BCUT2D eigenvalue weighted by molar-refractivity contribution is 5.93. The zero-order valence-corrected chi connectivity index (χ0v) is 14.8. The van der Waals surface area contributed by atoms with E-state index in [-0.39, 0.29) is 36.4 Å². The van der Waals surface area contributed by atoms with Crippen molar-refractivity contribution in [3.63, 3.8) is 0 Å². The first-order chi connectivity index (χ1) is 13.1. The quantitative estimate of drug-likeness (QED) is 0.799. The molecule has 1 saturated heterocycles. The normalized spacial score (nSPS) is 19.6. The number of morpholine rings is 1. The average Bonchev–Trinajstić information content (AvgIpc) is 3.23. The van der Waals surface area contributed by atoms with Gasteiger partial charge in [0.15, 0.2) is 5.82 Å². The number of carbonyl (C=O) groups is 2. The van der Waals surface area contributed by atoms with Gasteiger partial charge in [0.05, 0.1) is 30.2 Å². The Kier molecular flexibility index (Phi) is 4.72. The predicted molar refractivity (Wildman–Crippen MR) is 98.3 cm³/mol. The molecule has 1 fully saturated rings. The summed E-state index contributed by atoms with van der Waals surface area (Å²) >= 11 is 0. The van der Waals surface area contributed by atoms with Crippen LogP contribution in [0.1, 0.15) is 17.0 Å². The number of H-pyrrole nitrogens is 1. The Morgan fingerprint density at radius 2 is 2.00 bits per heavy atom. The highest BCUT2D eigenvalue weighted by Gasteiger charge is 2.32. The van der Waals surface area contributed by atoms with E-state index in [0.29, 0.717) is 37.1 Å². The van der Waals surface area contributed by atoms with Gasteiger partial charge in [-0.1, -0.05) is 24.3 Å². The second-order valence-corrected chi connectivity index (χ2v) is 6.63. The van der Waals surface area contributed by atoms with Crippen LogP contribution in [0.3, 0.4) is 0 Å². The van der Waals surface area contributed by atoms with E-state index in [0.717, 1.165) is 0 Å². The maximum absolute atomic E-state index is 13.0. The Bertz CT molecular complexity index is 960. The molecule has 0 aliphatic carbocycles. The average molecular weight is 368 g/mol. The van der Waals surface area contributed by atoms with Gasteiger partial charge < -0.3 is 19.5 Å². The predicted octanol–water partition coefficient (Wildman–Crippen LogP) is 0.553. The lowest BCUT2D eigenvalue weighted by Crippen LogP contribution is -2.51. The summed E-state index contributed by atoms with van der Waals surface area (Å²) < 4.78 is 5.48. The Hall–Kier alpha value is -3.00. The fourth-order valence-electron chi connectivity index (χ4n) is 3.43. The van der Waals surface area contributed by atoms with Gasteiger partial charge in [0.1, 0.15) is 0 Å². The molecular formula is C19H20N4O4. The minimum absolute atomic E-state index is 0.0131. The van der Waals surface area contributed by atoms with Crippen LogP contribution < -0.4 is 5.56 Å². The third-order valence-corrected chi connectivity index (χ3v) is 4.89. The third kappa shape index (κ3) is 3.48. The molecule has 0 saturated carbocycles. The molecular weight excluding hydrogens is 348 g/mol. The Labute approximate surface area is 155 Å². The van der Waals surface area contributed by atoms with E-state index >= 15 is 0 Å². The Morgan fingerprint density at radius 3 is 2.81 bits per heavy atom. The molecule has 140 valence electrons. The van der Waals surface area contributed by atoms with E-state index in [1.54, 1.807) is 34.1 Å². The van der Waals surface area contributed by atoms with Crippen molar-refractivity contribution in [2.45, 2.75) is 12.5 Å². The number of nitrogens with one attached hydrogen (secondary N) is 1. The molecule has 27 heavy (non-hydrogen) atoms. The number of amides is 2. The van der Waals surface area contributed by atoms with E-state index in [1.165, 1.54) is 0 Å². The molecule has 1 aromatic carbocycles. The van der Waals surface area contributed by atoms with Crippen LogP contribution >= 0.6 is 0 Å². The number of fused-ring (bicyclic) bond motifs is 1. The minimum Gasteiger partial charge on any atom is -0.377 e. The van der Waals surface area contributed by atoms with Crippen molar-refractivity contribution < 1.29 is 14.3 Å². The molecule has 2 amide bonds. The lowest BCUT2D eigenvalue weighted by molar-refractivity contribution is -0.132. The number of benzene rings is 1. The fourth-order valence-corrected chi connectivity index (χ4v) is 3.43. The molecule has 8 nitrogen and oxygen atoms in total. The first-order valence-electron chi connectivity index (χ1n) is 8.94. The van der Waals surface area contributed by atoms with Crippen molar-refractivity contribution in [2.24, 2.45) is 0 Å². The third-order valence-electron chi connectivity index (χ3n) is 4.89. The molecule has 0 bridgehead atoms. The van der Waals surface area contributed by atoms with Crippen molar-refractivity contribution >= 4 is 22.7 Å². The van der Waals surface area contributed by atoms with Crippen LogP contribution in [-0.2, 0) is 9.53 Å². The van der Waals surface area contributed by atoms with Crippen LogP contribution in [0.5, 0.6) is 0 Å². The van der Waals surface area contributed by atoms with Crippen molar-refractivity contribution in [2.75, 3.05) is 32.8 Å². The van der Waals surface area contributed by atoms with Gasteiger partial charge in [0, 0.05) is 26.1 Å². The second kappa shape index (κ2) is 7.32. The zero-order valence-electron chi connectivity index (χ0n) is 14.8. The fraction of sp³-hybridized carbons (Fsp3) is 0.368. The smallest absolute Gasteiger partial charge is 0.290 e. The van der Waals surface area contributed by atoms with Gasteiger partial charge in [-0.05, 0) is 12.1 Å². The summed E-state index contributed by atoms with van der Waals surface area (Å²) in [4.78, 5) is 47.9. The van der Waals surface area contributed by atoms with E-state index in [9.17, 15) is 14.4 Å². The number of hydrogen-bond acceptors (Lipinski definition) is 5. The van der Waals surface area contributed by atoms with Crippen LogP contribution in [0, 0.1) is 0 Å². The first-order valence-corrected chi connectivity index (χ1v) is 8.94. The van der Waals surface area contributed by atoms with E-state index in [2.05, 4.69) is 9.97 Å². The van der Waals surface area contributed by atoms with E-state index < -0.39 is 5.91 Å². The number of para-hydroxylation sites is 1. The number of aromatic amines is 1. The van der Waals surface area contributed by atoms with Crippen molar-refractivity contribution in [1.29, 1.82) is 0 Å². The van der Waals surface area contributed by atoms with Gasteiger partial charge in [-0.15, -0.1) is 0 Å². The standard InChI is InChI=1S/C19H20N4O4/c24-16(22-7-3-4-8-22)11-13-12-27-10-9-23(13)19(26)17-20-15-6-2-1-5-14(15)18(25)21-17/h1-6,13H,7-12H2,(H,20,21,25)/t13-/m1/s1. The van der Waals surface area contributed by atoms with E-state index in [1.807, 2.05) is 12.2 Å². The SMILES string of the molecule is O=C(C[C@@H]1COCCN1C(=O)c1nc2ccccc2c(=O)[nH]1)N1CC=CC1. The van der Waals surface area contributed by atoms with E-state index in [4.69, 9.17) is 4.74 Å². The molecule has 2 aliphatic heterocycles. The molecule has 1 atom stereocenters. The molecule has 0 unspecified atom stereocenters. The molecule has 0 spiro atoms. The van der Waals surface area contributed by atoms with Gasteiger partial charge in [-0.3, -0.25) is 14.4 Å². The Balaban J connectivity index is 1.57. The molecule has 1 aromatic heterocycles. The van der Waals surface area contributed by atoms with Crippen molar-refractivity contribution in [3.8, 4) is 0 Å². The molecule has 4 rings (SSSR count). The largest absolute Gasteiger partial charge is 0.377 e. The van der Waals surface area contributed by atoms with Crippen molar-refractivity contribution in [3.05, 3.63) is 52.6 Å². The van der Waals surface area contributed by atoms with Gasteiger partial charge in [-0.2, -0.15) is 0 Å². The lowest BCUT2D eigenvalue weighted by atomic mass is 10.1. The first kappa shape index (κ1) is 17.4.